The molecule has 1 aliphatic heterocycles. The van der Waals surface area contributed by atoms with Gasteiger partial charge in [-0.05, 0) is 42.7 Å². The molecule has 1 atom stereocenters. The summed E-state index contributed by atoms with van der Waals surface area (Å²) in [5.41, 5.74) is 6.34. The summed E-state index contributed by atoms with van der Waals surface area (Å²) < 4.78 is 11.5. The molecule has 0 saturated carbocycles. The SMILES string of the molecule is Cc1ccc2c(c1)-n1c(-c3ccccc3C)c3c(=O)n(C)c(=O)n(C)c3c1[C@H](c1ccccc1)O2. The van der Waals surface area contributed by atoms with Gasteiger partial charge in [0, 0.05) is 19.7 Å². The van der Waals surface area contributed by atoms with Gasteiger partial charge in [-0.15, -0.1) is 0 Å². The van der Waals surface area contributed by atoms with E-state index in [0.29, 0.717) is 10.9 Å². The predicted molar refractivity (Wildman–Crippen MR) is 138 cm³/mol. The van der Waals surface area contributed by atoms with Crippen LogP contribution in [0.3, 0.4) is 0 Å². The van der Waals surface area contributed by atoms with E-state index in [9.17, 15) is 9.59 Å². The van der Waals surface area contributed by atoms with Crippen LogP contribution in [0.1, 0.15) is 28.5 Å². The molecule has 6 heteroatoms. The lowest BCUT2D eigenvalue weighted by Crippen LogP contribution is -2.37. The van der Waals surface area contributed by atoms with Crippen LogP contribution in [0.25, 0.3) is 27.8 Å². The molecular formula is C29H25N3O3. The van der Waals surface area contributed by atoms with Gasteiger partial charge in [0.1, 0.15) is 5.75 Å². The Hall–Kier alpha value is -4.32. The minimum Gasteiger partial charge on any atom is -0.477 e. The monoisotopic (exact) mass is 463 g/mol. The third-order valence-corrected chi connectivity index (χ3v) is 6.96. The number of aryl methyl sites for hydroxylation is 3. The van der Waals surface area contributed by atoms with Crippen LogP contribution in [0, 0.1) is 13.8 Å². The van der Waals surface area contributed by atoms with Crippen molar-refractivity contribution >= 4 is 10.9 Å². The summed E-state index contributed by atoms with van der Waals surface area (Å²) in [5, 5.41) is 0.512. The average Bonchev–Trinajstić information content (AvgIpc) is 3.23. The summed E-state index contributed by atoms with van der Waals surface area (Å²) in [6.07, 6.45) is -0.496. The van der Waals surface area contributed by atoms with Crippen LogP contribution in [-0.2, 0) is 14.1 Å². The van der Waals surface area contributed by atoms with Crippen LogP contribution in [0.2, 0.25) is 0 Å². The number of fused-ring (bicyclic) bond motifs is 5. The number of benzene rings is 3. The Balaban J connectivity index is 1.91. The molecule has 35 heavy (non-hydrogen) atoms. The molecule has 0 aliphatic carbocycles. The molecule has 0 fully saturated rings. The largest absolute Gasteiger partial charge is 0.477 e. The Morgan fingerprint density at radius 1 is 0.829 bits per heavy atom. The van der Waals surface area contributed by atoms with Gasteiger partial charge >= 0.3 is 5.69 Å². The lowest BCUT2D eigenvalue weighted by Gasteiger charge is -2.30. The second kappa shape index (κ2) is 7.60. The Morgan fingerprint density at radius 2 is 1.54 bits per heavy atom. The summed E-state index contributed by atoms with van der Waals surface area (Å²) in [6, 6.07) is 24.0. The van der Waals surface area contributed by atoms with Crippen molar-refractivity contribution in [2.75, 3.05) is 0 Å². The van der Waals surface area contributed by atoms with E-state index in [2.05, 4.69) is 10.6 Å². The van der Waals surface area contributed by atoms with Crippen molar-refractivity contribution in [2.45, 2.75) is 20.0 Å². The molecule has 0 saturated heterocycles. The molecule has 0 amide bonds. The van der Waals surface area contributed by atoms with Gasteiger partial charge < -0.3 is 9.30 Å². The second-order valence-electron chi connectivity index (χ2n) is 9.19. The molecule has 0 unspecified atom stereocenters. The molecule has 5 aromatic rings. The van der Waals surface area contributed by atoms with Gasteiger partial charge in [-0.25, -0.2) is 4.79 Å². The highest BCUT2D eigenvalue weighted by Gasteiger charge is 2.36. The van der Waals surface area contributed by atoms with Crippen LogP contribution in [0.4, 0.5) is 0 Å². The van der Waals surface area contributed by atoms with Crippen molar-refractivity contribution in [2.24, 2.45) is 14.1 Å². The molecule has 6 rings (SSSR count). The van der Waals surface area contributed by atoms with E-state index < -0.39 is 6.10 Å². The molecule has 0 radical (unpaired) electrons. The maximum atomic E-state index is 13.7. The molecule has 0 bridgehead atoms. The first kappa shape index (κ1) is 21.2. The van der Waals surface area contributed by atoms with Gasteiger partial charge in [0.2, 0.25) is 0 Å². The Bertz CT molecular complexity index is 1760. The number of nitrogens with zero attached hydrogens (tertiary/aromatic N) is 3. The standard InChI is InChI=1S/C29H25N3O3/c1-17-14-15-22-21(16-17)32-24(20-13-9-8-10-18(20)2)23-25(30(3)29(34)31(4)28(23)33)26(32)27(35-22)19-11-6-5-7-12-19/h5-16,27H,1-4H3/t27-/m0/s1. The fraction of sp³-hybridized carbons (Fsp3) is 0.172. The number of hydrogen-bond donors (Lipinski definition) is 0. The summed E-state index contributed by atoms with van der Waals surface area (Å²) in [6.45, 7) is 4.08. The maximum absolute atomic E-state index is 13.7. The topological polar surface area (TPSA) is 58.2 Å². The van der Waals surface area contributed by atoms with Crippen molar-refractivity contribution < 1.29 is 4.74 Å². The third-order valence-electron chi connectivity index (χ3n) is 6.96. The fourth-order valence-electron chi connectivity index (χ4n) is 5.22. The van der Waals surface area contributed by atoms with E-state index in [1.807, 2.05) is 80.6 Å². The molecule has 174 valence electrons. The maximum Gasteiger partial charge on any atom is 0.331 e. The highest BCUT2D eigenvalue weighted by molar-refractivity contribution is 5.98. The van der Waals surface area contributed by atoms with Crippen molar-refractivity contribution in [1.82, 2.24) is 13.7 Å². The summed E-state index contributed by atoms with van der Waals surface area (Å²) in [5.74, 6) is 0.730. The van der Waals surface area contributed by atoms with E-state index in [-0.39, 0.29) is 11.2 Å². The molecule has 6 nitrogen and oxygen atoms in total. The van der Waals surface area contributed by atoms with Crippen LogP contribution < -0.4 is 16.0 Å². The Labute approximate surface area is 202 Å². The smallest absolute Gasteiger partial charge is 0.331 e. The predicted octanol–water partition coefficient (Wildman–Crippen LogP) is 4.79. The first-order valence-corrected chi connectivity index (χ1v) is 11.6. The van der Waals surface area contributed by atoms with Gasteiger partial charge in [-0.3, -0.25) is 13.9 Å². The number of aromatic nitrogens is 3. The lowest BCUT2D eigenvalue weighted by atomic mass is 10.0. The van der Waals surface area contributed by atoms with Crippen LogP contribution in [0.5, 0.6) is 5.75 Å². The van der Waals surface area contributed by atoms with Gasteiger partial charge in [0.05, 0.1) is 28.0 Å². The summed E-state index contributed by atoms with van der Waals surface area (Å²) >= 11 is 0. The molecule has 0 spiro atoms. The van der Waals surface area contributed by atoms with Crippen molar-refractivity contribution in [3.8, 4) is 22.7 Å². The molecule has 2 aromatic heterocycles. The fourth-order valence-corrected chi connectivity index (χ4v) is 5.22. The number of ether oxygens (including phenoxy) is 1. The summed E-state index contributed by atoms with van der Waals surface area (Å²) in [4.78, 5) is 26.9. The first-order chi connectivity index (χ1) is 16.9. The van der Waals surface area contributed by atoms with E-state index in [1.54, 1.807) is 11.6 Å². The Kier molecular flexibility index (Phi) is 4.61. The lowest BCUT2D eigenvalue weighted by molar-refractivity contribution is 0.229. The molecular weight excluding hydrogens is 438 g/mol. The second-order valence-corrected chi connectivity index (χ2v) is 9.19. The van der Waals surface area contributed by atoms with Gasteiger partial charge in [0.15, 0.2) is 6.10 Å². The average molecular weight is 464 g/mol. The van der Waals surface area contributed by atoms with Gasteiger partial charge in [-0.1, -0.05) is 60.7 Å². The van der Waals surface area contributed by atoms with Crippen LogP contribution in [0.15, 0.2) is 82.4 Å². The normalized spacial score (nSPS) is 14.5. The van der Waals surface area contributed by atoms with Crippen molar-refractivity contribution in [1.29, 1.82) is 0 Å². The molecule has 0 N–H and O–H groups in total. The third kappa shape index (κ3) is 2.96. The minimum atomic E-state index is -0.496. The minimum absolute atomic E-state index is 0.315. The number of hydrogen-bond acceptors (Lipinski definition) is 3. The zero-order valence-electron chi connectivity index (χ0n) is 20.1. The molecule has 3 aromatic carbocycles. The molecule has 3 heterocycles. The number of rotatable bonds is 2. The highest BCUT2D eigenvalue weighted by atomic mass is 16.5. The zero-order chi connectivity index (χ0) is 24.4. The van der Waals surface area contributed by atoms with Crippen molar-refractivity contribution in [3.05, 3.63) is 116 Å². The van der Waals surface area contributed by atoms with Crippen LogP contribution >= 0.6 is 0 Å². The van der Waals surface area contributed by atoms with E-state index >= 15 is 0 Å². The van der Waals surface area contributed by atoms with E-state index in [1.165, 1.54) is 11.6 Å². The van der Waals surface area contributed by atoms with Gasteiger partial charge in [0.25, 0.3) is 5.56 Å². The zero-order valence-corrected chi connectivity index (χ0v) is 20.1. The summed E-state index contributed by atoms with van der Waals surface area (Å²) in [7, 11) is 3.26. The Morgan fingerprint density at radius 3 is 2.29 bits per heavy atom. The molecule has 1 aliphatic rings. The van der Waals surface area contributed by atoms with E-state index in [0.717, 1.165) is 45.1 Å². The van der Waals surface area contributed by atoms with Crippen molar-refractivity contribution in [3.63, 3.8) is 0 Å². The van der Waals surface area contributed by atoms with E-state index in [4.69, 9.17) is 4.74 Å². The van der Waals surface area contributed by atoms with Crippen LogP contribution in [-0.4, -0.2) is 13.7 Å². The first-order valence-electron chi connectivity index (χ1n) is 11.6. The van der Waals surface area contributed by atoms with Gasteiger partial charge in [-0.2, -0.15) is 0 Å². The quantitative estimate of drug-likeness (QED) is 0.378. The highest BCUT2D eigenvalue weighted by Crippen LogP contribution is 2.47.